The van der Waals surface area contributed by atoms with E-state index in [1.54, 1.807) is 11.3 Å². The van der Waals surface area contributed by atoms with Crippen molar-refractivity contribution in [3.63, 3.8) is 0 Å². The smallest absolute Gasteiger partial charge is 0.0499 e. The van der Waals surface area contributed by atoms with E-state index < -0.39 is 0 Å². The van der Waals surface area contributed by atoms with Crippen molar-refractivity contribution in [2.24, 2.45) is 5.73 Å². The third-order valence-electron chi connectivity index (χ3n) is 4.37. The summed E-state index contributed by atoms with van der Waals surface area (Å²) in [5.74, 6) is 0. The van der Waals surface area contributed by atoms with Crippen molar-refractivity contribution in [1.82, 2.24) is 0 Å². The van der Waals surface area contributed by atoms with Crippen LogP contribution in [-0.2, 0) is 5.41 Å². The highest BCUT2D eigenvalue weighted by Crippen LogP contribution is 2.50. The Kier molecular flexibility index (Phi) is 3.79. The Morgan fingerprint density at radius 3 is 2.37 bits per heavy atom. The molecule has 1 saturated carbocycles. The van der Waals surface area contributed by atoms with Crippen LogP contribution in [0.2, 0.25) is 0 Å². The van der Waals surface area contributed by atoms with Gasteiger partial charge in [-0.3, -0.25) is 0 Å². The van der Waals surface area contributed by atoms with Crippen LogP contribution in [0.25, 0.3) is 0 Å². The highest BCUT2D eigenvalue weighted by atomic mass is 79.9. The van der Waals surface area contributed by atoms with Gasteiger partial charge >= 0.3 is 0 Å². The molecular weight excluding hydrogens is 318 g/mol. The Bertz CT molecular complexity index is 543. The summed E-state index contributed by atoms with van der Waals surface area (Å²) in [5, 5.41) is 2.12. The number of thiophene rings is 1. The minimum absolute atomic E-state index is 0.0896. The van der Waals surface area contributed by atoms with Crippen molar-refractivity contribution in [3.05, 3.63) is 56.7 Å². The number of benzene rings is 1. The van der Waals surface area contributed by atoms with Gasteiger partial charge in [-0.2, -0.15) is 0 Å². The van der Waals surface area contributed by atoms with E-state index >= 15 is 0 Å². The van der Waals surface area contributed by atoms with Gasteiger partial charge in [0.25, 0.3) is 0 Å². The van der Waals surface area contributed by atoms with Crippen molar-refractivity contribution in [2.75, 3.05) is 0 Å². The van der Waals surface area contributed by atoms with Gasteiger partial charge in [-0.05, 0) is 45.8 Å². The van der Waals surface area contributed by atoms with Crippen molar-refractivity contribution < 1.29 is 0 Å². The predicted molar refractivity (Wildman–Crippen MR) is 85.5 cm³/mol. The molecule has 19 heavy (non-hydrogen) atoms. The second-order valence-electron chi connectivity index (χ2n) is 5.34. The maximum Gasteiger partial charge on any atom is 0.0499 e. The molecule has 0 spiro atoms. The first-order chi connectivity index (χ1) is 9.24. The van der Waals surface area contributed by atoms with Crippen LogP contribution in [0, 0.1) is 0 Å². The summed E-state index contributed by atoms with van der Waals surface area (Å²) in [7, 11) is 0. The molecule has 1 fully saturated rings. The van der Waals surface area contributed by atoms with Gasteiger partial charge in [0, 0.05) is 20.8 Å². The highest BCUT2D eigenvalue weighted by Gasteiger charge is 2.42. The van der Waals surface area contributed by atoms with Crippen molar-refractivity contribution in [3.8, 4) is 0 Å². The SMILES string of the molecule is NC(c1sccc1Br)C1(c2ccccc2)CCCC1. The molecule has 1 nitrogen and oxygen atoms in total. The van der Waals surface area contributed by atoms with Crippen LogP contribution >= 0.6 is 27.3 Å². The molecule has 1 aromatic carbocycles. The summed E-state index contributed by atoms with van der Waals surface area (Å²) >= 11 is 5.41. The summed E-state index contributed by atoms with van der Waals surface area (Å²) in [4.78, 5) is 1.28. The molecule has 1 heterocycles. The second-order valence-corrected chi connectivity index (χ2v) is 7.14. The molecule has 1 aliphatic rings. The van der Waals surface area contributed by atoms with Gasteiger partial charge in [-0.25, -0.2) is 0 Å². The predicted octanol–water partition coefficient (Wildman–Crippen LogP) is 5.02. The third-order valence-corrected chi connectivity index (χ3v) is 6.32. The van der Waals surface area contributed by atoms with Crippen LogP contribution in [0.3, 0.4) is 0 Å². The van der Waals surface area contributed by atoms with Crippen molar-refractivity contribution >= 4 is 27.3 Å². The lowest BCUT2D eigenvalue weighted by Gasteiger charge is -2.35. The largest absolute Gasteiger partial charge is 0.323 e. The average molecular weight is 336 g/mol. The summed E-state index contributed by atoms with van der Waals surface area (Å²) in [6.07, 6.45) is 4.96. The maximum absolute atomic E-state index is 6.69. The quantitative estimate of drug-likeness (QED) is 0.836. The van der Waals surface area contributed by atoms with E-state index in [1.165, 1.54) is 36.1 Å². The fourth-order valence-corrected chi connectivity index (χ4v) is 5.07. The Morgan fingerprint density at radius 2 is 1.79 bits per heavy atom. The van der Waals surface area contributed by atoms with Crippen molar-refractivity contribution in [1.29, 1.82) is 0 Å². The van der Waals surface area contributed by atoms with Gasteiger partial charge in [0.15, 0.2) is 0 Å². The standard InChI is InChI=1S/C16H18BrNS/c17-13-8-11-19-14(13)15(18)16(9-4-5-10-16)12-6-2-1-3-7-12/h1-3,6-8,11,15H,4-5,9-10,18H2. The molecule has 3 heteroatoms. The summed E-state index contributed by atoms with van der Waals surface area (Å²) in [6.45, 7) is 0. The fourth-order valence-electron chi connectivity index (χ4n) is 3.33. The zero-order valence-electron chi connectivity index (χ0n) is 10.8. The minimum Gasteiger partial charge on any atom is -0.323 e. The van der Waals surface area contributed by atoms with Gasteiger partial charge in [0.1, 0.15) is 0 Å². The van der Waals surface area contributed by atoms with Crippen LogP contribution in [0.5, 0.6) is 0 Å². The van der Waals surface area contributed by atoms with E-state index in [4.69, 9.17) is 5.73 Å². The number of hydrogen-bond acceptors (Lipinski definition) is 2. The normalized spacial score (nSPS) is 19.5. The molecule has 2 N–H and O–H groups in total. The average Bonchev–Trinajstić information content (AvgIpc) is 3.08. The Hall–Kier alpha value is -0.640. The summed E-state index contributed by atoms with van der Waals surface area (Å²) in [6, 6.07) is 13.0. The van der Waals surface area contributed by atoms with Gasteiger partial charge in [-0.1, -0.05) is 43.2 Å². The zero-order valence-corrected chi connectivity index (χ0v) is 13.2. The molecule has 2 aromatic rings. The molecule has 1 aromatic heterocycles. The summed E-state index contributed by atoms with van der Waals surface area (Å²) in [5.41, 5.74) is 8.22. The van der Waals surface area contributed by atoms with E-state index in [1.807, 2.05) is 0 Å². The number of hydrogen-bond donors (Lipinski definition) is 1. The molecule has 3 rings (SSSR count). The lowest BCUT2D eigenvalue weighted by molar-refractivity contribution is 0.360. The number of halogens is 1. The monoisotopic (exact) mass is 335 g/mol. The van der Waals surface area contributed by atoms with Crippen LogP contribution in [0.1, 0.15) is 42.2 Å². The number of nitrogens with two attached hydrogens (primary N) is 1. The Morgan fingerprint density at radius 1 is 1.11 bits per heavy atom. The van der Waals surface area contributed by atoms with Gasteiger partial charge in [-0.15, -0.1) is 11.3 Å². The molecule has 0 saturated heterocycles. The molecule has 1 unspecified atom stereocenters. The van der Waals surface area contributed by atoms with E-state index in [0.29, 0.717) is 0 Å². The van der Waals surface area contributed by atoms with Crippen LogP contribution in [0.4, 0.5) is 0 Å². The second kappa shape index (κ2) is 5.39. The van der Waals surface area contributed by atoms with Crippen LogP contribution in [0.15, 0.2) is 46.3 Å². The molecule has 0 radical (unpaired) electrons. The Balaban J connectivity index is 2.04. The first-order valence-electron chi connectivity index (χ1n) is 6.78. The minimum atomic E-state index is 0.0896. The first kappa shape index (κ1) is 13.3. The van der Waals surface area contributed by atoms with Gasteiger partial charge in [0.05, 0.1) is 0 Å². The zero-order chi connectivity index (χ0) is 13.3. The van der Waals surface area contributed by atoms with E-state index in [9.17, 15) is 0 Å². The molecular formula is C16H18BrNS. The van der Waals surface area contributed by atoms with E-state index in [0.717, 1.165) is 4.47 Å². The maximum atomic E-state index is 6.69. The van der Waals surface area contributed by atoms with Crippen LogP contribution in [-0.4, -0.2) is 0 Å². The lowest BCUT2D eigenvalue weighted by Crippen LogP contribution is -2.36. The first-order valence-corrected chi connectivity index (χ1v) is 8.45. The third kappa shape index (κ3) is 2.28. The fraction of sp³-hybridized carbons (Fsp3) is 0.375. The van der Waals surface area contributed by atoms with Gasteiger partial charge < -0.3 is 5.73 Å². The molecule has 1 atom stereocenters. The van der Waals surface area contributed by atoms with E-state index in [-0.39, 0.29) is 11.5 Å². The Labute approximate surface area is 127 Å². The molecule has 1 aliphatic carbocycles. The molecule has 0 aliphatic heterocycles. The molecule has 0 bridgehead atoms. The topological polar surface area (TPSA) is 26.0 Å². The lowest BCUT2D eigenvalue weighted by atomic mass is 9.72. The van der Waals surface area contributed by atoms with Crippen molar-refractivity contribution in [2.45, 2.75) is 37.1 Å². The molecule has 0 amide bonds. The van der Waals surface area contributed by atoms with Crippen LogP contribution < -0.4 is 5.73 Å². The van der Waals surface area contributed by atoms with Gasteiger partial charge in [0.2, 0.25) is 0 Å². The highest BCUT2D eigenvalue weighted by molar-refractivity contribution is 9.10. The summed E-state index contributed by atoms with van der Waals surface area (Å²) < 4.78 is 1.16. The number of rotatable bonds is 3. The molecule has 100 valence electrons. The van der Waals surface area contributed by atoms with E-state index in [2.05, 4.69) is 57.7 Å².